The van der Waals surface area contributed by atoms with E-state index in [1.54, 1.807) is 26.1 Å². The van der Waals surface area contributed by atoms with E-state index >= 15 is 0 Å². The van der Waals surface area contributed by atoms with Crippen LogP contribution in [0.15, 0.2) is 53.4 Å². The van der Waals surface area contributed by atoms with Crippen LogP contribution >= 0.6 is 0 Å². The summed E-state index contributed by atoms with van der Waals surface area (Å²) >= 11 is 0. The van der Waals surface area contributed by atoms with E-state index in [0.717, 1.165) is 5.56 Å². The number of primary sulfonamides is 1. The number of amides is 1. The third-order valence-electron chi connectivity index (χ3n) is 3.92. The first-order valence-corrected chi connectivity index (χ1v) is 8.80. The van der Waals surface area contributed by atoms with Crippen molar-refractivity contribution in [3.05, 3.63) is 69.8 Å². The minimum absolute atomic E-state index is 0.00667. The van der Waals surface area contributed by atoms with Crippen molar-refractivity contribution < 1.29 is 18.1 Å². The van der Waals surface area contributed by atoms with Crippen LogP contribution in [0.4, 0.5) is 5.69 Å². The lowest BCUT2D eigenvalue weighted by Crippen LogP contribution is -2.29. The molecule has 2 N–H and O–H groups in total. The number of carbonyl (C=O) groups excluding carboxylic acids is 1. The first-order chi connectivity index (χ1) is 11.6. The fourth-order valence-electron chi connectivity index (χ4n) is 2.26. The summed E-state index contributed by atoms with van der Waals surface area (Å²) in [6.07, 6.45) is 0. The Labute approximate surface area is 145 Å². The van der Waals surface area contributed by atoms with Gasteiger partial charge in [-0.15, -0.1) is 0 Å². The van der Waals surface area contributed by atoms with Crippen molar-refractivity contribution in [1.29, 1.82) is 0 Å². The second kappa shape index (κ2) is 6.99. The number of hydrogen-bond donors (Lipinski definition) is 1. The summed E-state index contributed by atoms with van der Waals surface area (Å²) in [5, 5.41) is 15.7. The predicted molar refractivity (Wildman–Crippen MR) is 91.4 cm³/mol. The van der Waals surface area contributed by atoms with E-state index in [1.165, 1.54) is 41.3 Å². The van der Waals surface area contributed by atoms with E-state index in [9.17, 15) is 23.3 Å². The van der Waals surface area contributed by atoms with Gasteiger partial charge in [0.15, 0.2) is 0 Å². The minimum Gasteiger partial charge on any atom is -0.335 e. The lowest BCUT2D eigenvalue weighted by Gasteiger charge is -2.25. The van der Waals surface area contributed by atoms with Gasteiger partial charge in [0.05, 0.1) is 15.9 Å². The molecule has 0 aliphatic rings. The molecule has 1 unspecified atom stereocenters. The Morgan fingerprint density at radius 1 is 1.12 bits per heavy atom. The van der Waals surface area contributed by atoms with Gasteiger partial charge >= 0.3 is 0 Å². The number of rotatable bonds is 5. The van der Waals surface area contributed by atoms with E-state index in [2.05, 4.69) is 0 Å². The first-order valence-electron chi connectivity index (χ1n) is 7.25. The van der Waals surface area contributed by atoms with Crippen LogP contribution < -0.4 is 5.14 Å². The van der Waals surface area contributed by atoms with E-state index in [1.807, 2.05) is 0 Å². The lowest BCUT2D eigenvalue weighted by atomic mass is 10.1. The molecule has 2 aromatic carbocycles. The van der Waals surface area contributed by atoms with Crippen molar-refractivity contribution in [2.75, 3.05) is 7.05 Å². The zero-order valence-corrected chi connectivity index (χ0v) is 14.4. The van der Waals surface area contributed by atoms with Crippen LogP contribution in [0.2, 0.25) is 0 Å². The predicted octanol–water partition coefficient (Wildman–Crippen LogP) is 2.08. The molecule has 0 fully saturated rings. The molecule has 25 heavy (non-hydrogen) atoms. The Morgan fingerprint density at radius 3 is 2.08 bits per heavy atom. The summed E-state index contributed by atoms with van der Waals surface area (Å²) in [5.74, 6) is -0.307. The second-order valence-corrected chi connectivity index (χ2v) is 7.07. The number of nitro benzene ring substituents is 1. The Hall–Kier alpha value is -2.78. The second-order valence-electron chi connectivity index (χ2n) is 5.51. The molecular weight excluding hydrogens is 346 g/mol. The van der Waals surface area contributed by atoms with Crippen LogP contribution in [0.25, 0.3) is 0 Å². The molecule has 0 spiro atoms. The molecule has 0 radical (unpaired) electrons. The molecule has 0 saturated heterocycles. The summed E-state index contributed by atoms with van der Waals surface area (Å²) in [6, 6.07) is 10.9. The molecule has 9 heteroatoms. The smallest absolute Gasteiger partial charge is 0.269 e. The maximum Gasteiger partial charge on any atom is 0.269 e. The molecule has 1 amide bonds. The van der Waals surface area contributed by atoms with Crippen LogP contribution in [0.3, 0.4) is 0 Å². The number of nitrogens with zero attached hydrogens (tertiary/aromatic N) is 2. The summed E-state index contributed by atoms with van der Waals surface area (Å²) in [4.78, 5) is 24.1. The molecule has 2 rings (SSSR count). The largest absolute Gasteiger partial charge is 0.335 e. The third kappa shape index (κ3) is 4.20. The topological polar surface area (TPSA) is 124 Å². The highest BCUT2D eigenvalue weighted by atomic mass is 32.2. The summed E-state index contributed by atoms with van der Waals surface area (Å²) in [6.45, 7) is 1.79. The summed E-state index contributed by atoms with van der Waals surface area (Å²) < 4.78 is 22.6. The van der Waals surface area contributed by atoms with Crippen LogP contribution in [-0.4, -0.2) is 31.2 Å². The quantitative estimate of drug-likeness (QED) is 0.643. The molecule has 0 heterocycles. The highest BCUT2D eigenvalue weighted by molar-refractivity contribution is 7.89. The molecule has 2 aromatic rings. The maximum absolute atomic E-state index is 12.5. The van der Waals surface area contributed by atoms with Crippen LogP contribution in [0.5, 0.6) is 0 Å². The van der Waals surface area contributed by atoms with Gasteiger partial charge in [0.1, 0.15) is 0 Å². The average Bonchev–Trinajstić information content (AvgIpc) is 2.59. The standard InChI is InChI=1S/C16H17N3O5S/c1-11(12-5-9-15(10-6-12)25(17,23)24)18(2)16(20)13-3-7-14(8-4-13)19(21)22/h3-11H,1-2H3,(H2,17,23,24). The number of nitrogens with two attached hydrogens (primary N) is 1. The van der Waals surface area contributed by atoms with Crippen molar-refractivity contribution in [3.8, 4) is 0 Å². The average molecular weight is 363 g/mol. The minimum atomic E-state index is -3.77. The summed E-state index contributed by atoms with van der Waals surface area (Å²) in [5.41, 5.74) is 0.956. The fraction of sp³-hybridized carbons (Fsp3) is 0.188. The zero-order chi connectivity index (χ0) is 18.8. The fourth-order valence-corrected chi connectivity index (χ4v) is 2.78. The zero-order valence-electron chi connectivity index (χ0n) is 13.6. The van der Waals surface area contributed by atoms with E-state index in [-0.39, 0.29) is 22.5 Å². The Morgan fingerprint density at radius 2 is 1.64 bits per heavy atom. The molecule has 0 aliphatic heterocycles. The number of nitro groups is 1. The van der Waals surface area contributed by atoms with Gasteiger partial charge in [-0.05, 0) is 36.8 Å². The Balaban J connectivity index is 2.19. The third-order valence-corrected chi connectivity index (χ3v) is 4.85. The van der Waals surface area contributed by atoms with Crippen molar-refractivity contribution in [1.82, 2.24) is 4.90 Å². The van der Waals surface area contributed by atoms with Gasteiger partial charge in [-0.3, -0.25) is 14.9 Å². The van der Waals surface area contributed by atoms with Crippen molar-refractivity contribution in [2.45, 2.75) is 17.9 Å². The first kappa shape index (κ1) is 18.6. The highest BCUT2D eigenvalue weighted by Gasteiger charge is 2.20. The van der Waals surface area contributed by atoms with Gasteiger partial charge in [-0.25, -0.2) is 13.6 Å². The van der Waals surface area contributed by atoms with Gasteiger partial charge in [0.2, 0.25) is 10.0 Å². The molecular formula is C16H17N3O5S. The molecule has 0 saturated carbocycles. The molecule has 0 aromatic heterocycles. The normalized spacial score (nSPS) is 12.4. The number of benzene rings is 2. The van der Waals surface area contributed by atoms with Crippen molar-refractivity contribution in [2.24, 2.45) is 5.14 Å². The van der Waals surface area contributed by atoms with Crippen LogP contribution in [-0.2, 0) is 10.0 Å². The monoisotopic (exact) mass is 363 g/mol. The maximum atomic E-state index is 12.5. The SMILES string of the molecule is CC(c1ccc(S(N)(=O)=O)cc1)N(C)C(=O)c1ccc([N+](=O)[O-])cc1. The van der Waals surface area contributed by atoms with E-state index < -0.39 is 14.9 Å². The van der Waals surface area contributed by atoms with Gasteiger partial charge in [-0.1, -0.05) is 12.1 Å². The number of hydrogen-bond acceptors (Lipinski definition) is 5. The van der Waals surface area contributed by atoms with E-state index in [0.29, 0.717) is 5.56 Å². The van der Waals surface area contributed by atoms with Crippen LogP contribution in [0, 0.1) is 10.1 Å². The van der Waals surface area contributed by atoms with Gasteiger partial charge in [0.25, 0.3) is 11.6 Å². The summed E-state index contributed by atoms with van der Waals surface area (Å²) in [7, 11) is -2.17. The number of non-ortho nitro benzene ring substituents is 1. The van der Waals surface area contributed by atoms with Crippen molar-refractivity contribution in [3.63, 3.8) is 0 Å². The molecule has 8 nitrogen and oxygen atoms in total. The molecule has 132 valence electrons. The van der Waals surface area contributed by atoms with Crippen LogP contribution in [0.1, 0.15) is 28.9 Å². The molecule has 1 atom stereocenters. The van der Waals surface area contributed by atoms with Gasteiger partial charge < -0.3 is 4.90 Å². The Bertz CT molecular complexity index is 892. The number of carbonyl (C=O) groups is 1. The highest BCUT2D eigenvalue weighted by Crippen LogP contribution is 2.23. The van der Waals surface area contributed by atoms with E-state index in [4.69, 9.17) is 5.14 Å². The number of sulfonamides is 1. The van der Waals surface area contributed by atoms with Gasteiger partial charge in [0, 0.05) is 24.7 Å². The lowest BCUT2D eigenvalue weighted by molar-refractivity contribution is -0.384. The molecule has 0 bridgehead atoms. The molecule has 0 aliphatic carbocycles. The Kier molecular flexibility index (Phi) is 5.19. The van der Waals surface area contributed by atoms with Crippen molar-refractivity contribution >= 4 is 21.6 Å². The van der Waals surface area contributed by atoms with Gasteiger partial charge in [-0.2, -0.15) is 0 Å².